The number of aliphatic carboxylic acids is 1. The molecule has 1 saturated heterocycles. The third-order valence-electron chi connectivity index (χ3n) is 3.76. The van der Waals surface area contributed by atoms with Gasteiger partial charge in [0.1, 0.15) is 11.7 Å². The number of benzene rings is 1. The van der Waals surface area contributed by atoms with Crippen molar-refractivity contribution in [1.29, 1.82) is 0 Å². The minimum atomic E-state index is -0.975. The summed E-state index contributed by atoms with van der Waals surface area (Å²) >= 11 is 6.11. The molecule has 1 aliphatic rings. The van der Waals surface area contributed by atoms with Crippen LogP contribution in [0.4, 0.5) is 0 Å². The van der Waals surface area contributed by atoms with Gasteiger partial charge in [-0.1, -0.05) is 29.8 Å². The van der Waals surface area contributed by atoms with Crippen molar-refractivity contribution in [3.05, 3.63) is 41.0 Å². The highest BCUT2D eigenvalue weighted by Crippen LogP contribution is 2.27. The normalized spacial score (nSPS) is 17.7. The number of H-pyrrole nitrogens is 1. The molecule has 2 heterocycles. The van der Waals surface area contributed by atoms with Gasteiger partial charge in [0.05, 0.1) is 10.7 Å². The summed E-state index contributed by atoms with van der Waals surface area (Å²) in [7, 11) is 0. The molecular formula is C15H14ClN3O3. The second kappa shape index (κ2) is 5.81. The number of aromatic amines is 1. The van der Waals surface area contributed by atoms with Gasteiger partial charge in [0.15, 0.2) is 0 Å². The first-order chi connectivity index (χ1) is 10.6. The van der Waals surface area contributed by atoms with Gasteiger partial charge in [-0.3, -0.25) is 9.89 Å². The van der Waals surface area contributed by atoms with E-state index in [1.165, 1.54) is 4.90 Å². The van der Waals surface area contributed by atoms with Crippen LogP contribution < -0.4 is 0 Å². The molecule has 0 radical (unpaired) electrons. The molecule has 6 nitrogen and oxygen atoms in total. The van der Waals surface area contributed by atoms with E-state index in [4.69, 9.17) is 16.7 Å². The Balaban J connectivity index is 1.86. The van der Waals surface area contributed by atoms with Crippen LogP contribution in [0.2, 0.25) is 5.02 Å². The van der Waals surface area contributed by atoms with Crippen LogP contribution in [0.1, 0.15) is 23.3 Å². The zero-order valence-corrected chi connectivity index (χ0v) is 12.4. The van der Waals surface area contributed by atoms with Crippen LogP contribution in [-0.4, -0.2) is 44.7 Å². The molecule has 2 N–H and O–H groups in total. The van der Waals surface area contributed by atoms with Gasteiger partial charge in [-0.2, -0.15) is 5.10 Å². The molecule has 3 rings (SSSR count). The summed E-state index contributed by atoms with van der Waals surface area (Å²) < 4.78 is 0. The molecule has 1 atom stereocenters. The van der Waals surface area contributed by atoms with Crippen LogP contribution in [0.5, 0.6) is 0 Å². The second-order valence-electron chi connectivity index (χ2n) is 5.14. The van der Waals surface area contributed by atoms with Crippen molar-refractivity contribution in [3.8, 4) is 11.3 Å². The molecule has 7 heteroatoms. The molecule has 114 valence electrons. The summed E-state index contributed by atoms with van der Waals surface area (Å²) in [6.45, 7) is 0.441. The van der Waals surface area contributed by atoms with Gasteiger partial charge < -0.3 is 10.0 Å². The smallest absolute Gasteiger partial charge is 0.326 e. The quantitative estimate of drug-likeness (QED) is 0.909. The van der Waals surface area contributed by atoms with Gasteiger partial charge >= 0.3 is 5.97 Å². The molecule has 22 heavy (non-hydrogen) atoms. The van der Waals surface area contributed by atoms with E-state index in [-0.39, 0.29) is 11.6 Å². The molecule has 1 amide bonds. The molecular weight excluding hydrogens is 306 g/mol. The number of carbonyl (C=O) groups is 2. The maximum absolute atomic E-state index is 12.4. The maximum atomic E-state index is 12.4. The van der Waals surface area contributed by atoms with Crippen LogP contribution in [0.15, 0.2) is 30.3 Å². The number of carboxylic acids is 1. The largest absolute Gasteiger partial charge is 0.480 e. The lowest BCUT2D eigenvalue weighted by Gasteiger charge is -2.20. The number of hydrogen-bond donors (Lipinski definition) is 2. The van der Waals surface area contributed by atoms with E-state index in [1.54, 1.807) is 12.1 Å². The number of amides is 1. The van der Waals surface area contributed by atoms with E-state index in [2.05, 4.69) is 10.2 Å². The zero-order chi connectivity index (χ0) is 15.7. The van der Waals surface area contributed by atoms with E-state index >= 15 is 0 Å². The predicted octanol–water partition coefficient (Wildman–Crippen LogP) is 2.42. The van der Waals surface area contributed by atoms with Crippen molar-refractivity contribution >= 4 is 23.5 Å². The number of aromatic nitrogens is 2. The number of nitrogens with zero attached hydrogens (tertiary/aromatic N) is 2. The Kier molecular flexibility index (Phi) is 3.85. The number of rotatable bonds is 3. The van der Waals surface area contributed by atoms with E-state index in [1.807, 2.05) is 18.2 Å². The highest BCUT2D eigenvalue weighted by atomic mass is 35.5. The van der Waals surface area contributed by atoms with Crippen molar-refractivity contribution in [2.45, 2.75) is 18.9 Å². The average Bonchev–Trinajstić information content (AvgIpc) is 3.16. The fourth-order valence-corrected chi connectivity index (χ4v) is 2.89. The Morgan fingerprint density at radius 2 is 2.14 bits per heavy atom. The number of carbonyl (C=O) groups excluding carboxylic acids is 1. The van der Waals surface area contributed by atoms with Crippen molar-refractivity contribution < 1.29 is 14.7 Å². The van der Waals surface area contributed by atoms with Crippen LogP contribution in [-0.2, 0) is 4.79 Å². The highest BCUT2D eigenvalue weighted by molar-refractivity contribution is 6.33. The fraction of sp³-hybridized carbons (Fsp3) is 0.267. The molecule has 0 aliphatic carbocycles. The van der Waals surface area contributed by atoms with Crippen molar-refractivity contribution in [1.82, 2.24) is 15.1 Å². The van der Waals surface area contributed by atoms with Crippen LogP contribution in [0, 0.1) is 0 Å². The number of carboxylic acid groups (broad SMARTS) is 1. The molecule has 0 bridgehead atoms. The van der Waals surface area contributed by atoms with Gasteiger partial charge in [-0.15, -0.1) is 0 Å². The summed E-state index contributed by atoms with van der Waals surface area (Å²) in [6.07, 6.45) is 1.17. The topological polar surface area (TPSA) is 86.3 Å². The first-order valence-corrected chi connectivity index (χ1v) is 7.30. The van der Waals surface area contributed by atoms with Gasteiger partial charge in [-0.05, 0) is 25.0 Å². The first kappa shape index (κ1) is 14.6. The Labute approximate surface area is 131 Å². The predicted molar refractivity (Wildman–Crippen MR) is 80.7 cm³/mol. The SMILES string of the molecule is O=C(O)[C@H]1CCCN1C(=O)c1cc(-c2ccccc2Cl)n[nH]1. The van der Waals surface area contributed by atoms with Crippen LogP contribution in [0.3, 0.4) is 0 Å². The Morgan fingerprint density at radius 1 is 1.36 bits per heavy atom. The third kappa shape index (κ3) is 2.57. The zero-order valence-electron chi connectivity index (χ0n) is 11.6. The minimum Gasteiger partial charge on any atom is -0.480 e. The van der Waals surface area contributed by atoms with E-state index in [0.29, 0.717) is 30.1 Å². The monoisotopic (exact) mass is 319 g/mol. The number of likely N-dealkylation sites (tertiary alicyclic amines) is 1. The fourth-order valence-electron chi connectivity index (χ4n) is 2.66. The van der Waals surface area contributed by atoms with Crippen LogP contribution in [0.25, 0.3) is 11.3 Å². The molecule has 1 fully saturated rings. The lowest BCUT2D eigenvalue weighted by molar-refractivity contribution is -0.141. The van der Waals surface area contributed by atoms with Gasteiger partial charge in [0.2, 0.25) is 0 Å². The second-order valence-corrected chi connectivity index (χ2v) is 5.55. The van der Waals surface area contributed by atoms with Gasteiger partial charge in [-0.25, -0.2) is 4.79 Å². The van der Waals surface area contributed by atoms with Crippen molar-refractivity contribution in [3.63, 3.8) is 0 Å². The lowest BCUT2D eigenvalue weighted by Crippen LogP contribution is -2.40. The Bertz CT molecular complexity index is 728. The summed E-state index contributed by atoms with van der Waals surface area (Å²) in [6, 6.07) is 8.03. The number of halogens is 1. The Morgan fingerprint density at radius 3 is 2.86 bits per heavy atom. The third-order valence-corrected chi connectivity index (χ3v) is 4.09. The number of hydrogen-bond acceptors (Lipinski definition) is 3. The molecule has 1 aromatic carbocycles. The summed E-state index contributed by atoms with van der Waals surface area (Å²) in [5.74, 6) is -1.33. The van der Waals surface area contributed by atoms with Gasteiger partial charge in [0, 0.05) is 12.1 Å². The Hall–Kier alpha value is -2.34. The highest BCUT2D eigenvalue weighted by Gasteiger charge is 2.35. The summed E-state index contributed by atoms with van der Waals surface area (Å²) in [5.41, 5.74) is 1.54. The number of nitrogens with one attached hydrogen (secondary N) is 1. The summed E-state index contributed by atoms with van der Waals surface area (Å²) in [5, 5.41) is 16.5. The molecule has 0 unspecified atom stereocenters. The van der Waals surface area contributed by atoms with Gasteiger partial charge in [0.25, 0.3) is 5.91 Å². The van der Waals surface area contributed by atoms with E-state index in [0.717, 1.165) is 5.56 Å². The molecule has 1 aliphatic heterocycles. The van der Waals surface area contributed by atoms with E-state index in [9.17, 15) is 9.59 Å². The van der Waals surface area contributed by atoms with Crippen molar-refractivity contribution in [2.75, 3.05) is 6.54 Å². The maximum Gasteiger partial charge on any atom is 0.326 e. The molecule has 0 saturated carbocycles. The summed E-state index contributed by atoms with van der Waals surface area (Å²) in [4.78, 5) is 25.0. The van der Waals surface area contributed by atoms with Crippen molar-refractivity contribution in [2.24, 2.45) is 0 Å². The average molecular weight is 320 g/mol. The molecule has 0 spiro atoms. The standard InChI is InChI=1S/C15H14ClN3O3/c16-10-5-2-1-4-9(10)11-8-12(18-17-11)14(20)19-7-3-6-13(19)15(21)22/h1-2,4-5,8,13H,3,6-7H2,(H,17,18)(H,21,22)/t13-/m1/s1. The molecule has 2 aromatic rings. The first-order valence-electron chi connectivity index (χ1n) is 6.92. The van der Waals surface area contributed by atoms with E-state index < -0.39 is 12.0 Å². The molecule has 1 aromatic heterocycles. The minimum absolute atomic E-state index is 0.267. The lowest BCUT2D eigenvalue weighted by atomic mass is 10.1. The van der Waals surface area contributed by atoms with Crippen LogP contribution >= 0.6 is 11.6 Å².